The molecule has 0 fully saturated rings. The molecule has 0 radical (unpaired) electrons. The number of aliphatic imine (C=N–C) groups is 1. The molecule has 29 heavy (non-hydrogen) atoms. The molecule has 166 valence electrons. The molecule has 11 N–H and O–H groups in total. The summed E-state index contributed by atoms with van der Waals surface area (Å²) < 4.78 is 0. The van der Waals surface area contributed by atoms with E-state index < -0.39 is 54.5 Å². The van der Waals surface area contributed by atoms with Crippen molar-refractivity contribution in [1.82, 2.24) is 16.0 Å². The number of aliphatic hydroxyl groups excluding tert-OH is 1. The number of aliphatic carboxylic acids is 1. The van der Waals surface area contributed by atoms with Crippen LogP contribution < -0.4 is 33.2 Å². The van der Waals surface area contributed by atoms with Gasteiger partial charge in [-0.1, -0.05) is 0 Å². The molecular formula is C15H29N7O6S. The Kier molecular flexibility index (Phi) is 12.4. The van der Waals surface area contributed by atoms with E-state index in [1.165, 1.54) is 6.92 Å². The molecule has 0 aliphatic heterocycles. The van der Waals surface area contributed by atoms with Gasteiger partial charge in [0.25, 0.3) is 0 Å². The van der Waals surface area contributed by atoms with Crippen LogP contribution in [0.3, 0.4) is 0 Å². The largest absolute Gasteiger partial charge is 0.480 e. The van der Waals surface area contributed by atoms with Crippen LogP contribution >= 0.6 is 12.6 Å². The highest BCUT2D eigenvalue weighted by Crippen LogP contribution is 2.00. The van der Waals surface area contributed by atoms with Gasteiger partial charge in [-0.05, 0) is 19.8 Å². The number of carboxylic acids is 1. The van der Waals surface area contributed by atoms with Crippen LogP contribution in [0.1, 0.15) is 19.8 Å². The number of thiol groups is 1. The molecule has 4 unspecified atom stereocenters. The van der Waals surface area contributed by atoms with Gasteiger partial charge >= 0.3 is 5.97 Å². The lowest BCUT2D eigenvalue weighted by molar-refractivity contribution is -0.144. The van der Waals surface area contributed by atoms with Crippen molar-refractivity contribution in [3.8, 4) is 0 Å². The highest BCUT2D eigenvalue weighted by Gasteiger charge is 2.26. The van der Waals surface area contributed by atoms with Crippen LogP contribution in [-0.4, -0.2) is 82.9 Å². The molecular weight excluding hydrogens is 406 g/mol. The topological polar surface area (TPSA) is 235 Å². The minimum absolute atomic E-state index is 0.0620. The second-order valence-corrected chi connectivity index (χ2v) is 6.51. The summed E-state index contributed by atoms with van der Waals surface area (Å²) in [4.78, 5) is 50.9. The molecule has 0 heterocycles. The number of nitrogens with one attached hydrogen (secondary N) is 3. The standard InChI is InChI=1S/C15H29N7O6S/c1-7(23)11(14(27)28)22-10(24)5-20-13(26)9(3-2-4-19-15(17)18)21-12(25)8(16)6-29/h7-9,11,23,29H,2-6,16H2,1H3,(H,20,26)(H,21,25)(H,22,24)(H,27,28)(H4,17,18,19). The van der Waals surface area contributed by atoms with Crippen LogP contribution in [0.2, 0.25) is 0 Å². The number of guanidine groups is 1. The molecule has 3 amide bonds. The Morgan fingerprint density at radius 3 is 2.24 bits per heavy atom. The minimum atomic E-state index is -1.53. The van der Waals surface area contributed by atoms with Crippen molar-refractivity contribution in [3.05, 3.63) is 0 Å². The van der Waals surface area contributed by atoms with Gasteiger partial charge in [0, 0.05) is 12.3 Å². The average molecular weight is 436 g/mol. The van der Waals surface area contributed by atoms with Crippen molar-refractivity contribution in [3.63, 3.8) is 0 Å². The van der Waals surface area contributed by atoms with E-state index in [0.29, 0.717) is 6.42 Å². The Bertz CT molecular complexity index is 612. The minimum Gasteiger partial charge on any atom is -0.480 e. The number of rotatable bonds is 13. The molecule has 0 aromatic rings. The summed E-state index contributed by atoms with van der Waals surface area (Å²) in [5.74, 6) is -3.60. The van der Waals surface area contributed by atoms with Gasteiger partial charge in [0.15, 0.2) is 12.0 Å². The molecule has 4 atom stereocenters. The summed E-state index contributed by atoms with van der Waals surface area (Å²) in [6.07, 6.45) is -0.833. The van der Waals surface area contributed by atoms with Crippen molar-refractivity contribution in [1.29, 1.82) is 0 Å². The molecule has 0 aromatic heterocycles. The van der Waals surface area contributed by atoms with Gasteiger partial charge in [-0.3, -0.25) is 19.4 Å². The van der Waals surface area contributed by atoms with Gasteiger partial charge in [0.1, 0.15) is 6.04 Å². The summed E-state index contributed by atoms with van der Waals surface area (Å²) in [7, 11) is 0. The van der Waals surface area contributed by atoms with Crippen LogP contribution in [-0.2, 0) is 19.2 Å². The van der Waals surface area contributed by atoms with Crippen molar-refractivity contribution in [2.75, 3.05) is 18.8 Å². The smallest absolute Gasteiger partial charge is 0.328 e. The average Bonchev–Trinajstić information content (AvgIpc) is 2.64. The first-order chi connectivity index (χ1) is 13.5. The third-order valence-electron chi connectivity index (χ3n) is 3.60. The van der Waals surface area contributed by atoms with Gasteiger partial charge in [0.05, 0.1) is 18.7 Å². The summed E-state index contributed by atoms with van der Waals surface area (Å²) in [5, 5.41) is 25.1. The van der Waals surface area contributed by atoms with Gasteiger partial charge in [0.2, 0.25) is 17.7 Å². The zero-order chi connectivity index (χ0) is 22.6. The van der Waals surface area contributed by atoms with E-state index >= 15 is 0 Å². The summed E-state index contributed by atoms with van der Waals surface area (Å²) in [6.45, 7) is 0.856. The molecule has 0 aliphatic carbocycles. The second kappa shape index (κ2) is 13.6. The Morgan fingerprint density at radius 1 is 1.14 bits per heavy atom. The summed E-state index contributed by atoms with van der Waals surface area (Å²) in [6, 6.07) is -3.48. The van der Waals surface area contributed by atoms with Crippen LogP contribution in [0.5, 0.6) is 0 Å². The fourth-order valence-corrected chi connectivity index (χ4v) is 2.20. The van der Waals surface area contributed by atoms with E-state index in [-0.39, 0.29) is 24.7 Å². The number of carbonyl (C=O) groups is 4. The highest BCUT2D eigenvalue weighted by molar-refractivity contribution is 7.80. The quantitative estimate of drug-likeness (QED) is 0.0590. The highest BCUT2D eigenvalue weighted by atomic mass is 32.1. The van der Waals surface area contributed by atoms with E-state index in [0.717, 1.165) is 0 Å². The maximum atomic E-state index is 12.4. The summed E-state index contributed by atoms with van der Waals surface area (Å²) >= 11 is 3.92. The zero-order valence-electron chi connectivity index (χ0n) is 16.0. The van der Waals surface area contributed by atoms with Crippen LogP contribution in [0.4, 0.5) is 0 Å². The van der Waals surface area contributed by atoms with Gasteiger partial charge in [-0.15, -0.1) is 0 Å². The van der Waals surface area contributed by atoms with E-state index in [1.54, 1.807) is 0 Å². The Balaban J connectivity index is 4.86. The maximum absolute atomic E-state index is 12.4. The molecule has 0 saturated carbocycles. The molecule has 13 nitrogen and oxygen atoms in total. The fourth-order valence-electron chi connectivity index (χ4n) is 2.04. The third kappa shape index (κ3) is 11.1. The van der Waals surface area contributed by atoms with Crippen molar-refractivity contribution < 1.29 is 29.4 Å². The van der Waals surface area contributed by atoms with E-state index in [1.807, 2.05) is 0 Å². The lowest BCUT2D eigenvalue weighted by Crippen LogP contribution is -2.54. The lowest BCUT2D eigenvalue weighted by Gasteiger charge is -2.21. The normalized spacial score (nSPS) is 14.6. The first kappa shape index (κ1) is 26.4. The van der Waals surface area contributed by atoms with Crippen molar-refractivity contribution >= 4 is 42.3 Å². The number of nitrogens with zero attached hydrogens (tertiary/aromatic N) is 1. The Hall–Kier alpha value is -2.58. The SMILES string of the molecule is CC(O)C(NC(=O)CNC(=O)C(CCCN=C(N)N)NC(=O)C(N)CS)C(=O)O. The molecule has 0 aromatic carbocycles. The number of nitrogens with two attached hydrogens (primary N) is 3. The summed E-state index contributed by atoms with van der Waals surface area (Å²) in [5.41, 5.74) is 16.0. The zero-order valence-corrected chi connectivity index (χ0v) is 16.9. The Labute approximate surface area is 173 Å². The molecule has 0 saturated heterocycles. The van der Waals surface area contributed by atoms with Crippen LogP contribution in [0.15, 0.2) is 4.99 Å². The number of aliphatic hydroxyl groups is 1. The van der Waals surface area contributed by atoms with Crippen LogP contribution in [0.25, 0.3) is 0 Å². The van der Waals surface area contributed by atoms with Gasteiger partial charge in [-0.25, -0.2) is 4.79 Å². The first-order valence-electron chi connectivity index (χ1n) is 8.69. The second-order valence-electron chi connectivity index (χ2n) is 6.14. The molecule has 0 spiro atoms. The first-order valence-corrected chi connectivity index (χ1v) is 9.33. The lowest BCUT2D eigenvalue weighted by atomic mass is 10.1. The Morgan fingerprint density at radius 2 is 1.76 bits per heavy atom. The number of hydrogen-bond acceptors (Lipinski definition) is 8. The van der Waals surface area contributed by atoms with Gasteiger partial charge < -0.3 is 43.4 Å². The van der Waals surface area contributed by atoms with E-state index in [4.69, 9.17) is 22.3 Å². The van der Waals surface area contributed by atoms with E-state index in [9.17, 15) is 24.3 Å². The predicted octanol–water partition coefficient (Wildman–Crippen LogP) is -4.15. The van der Waals surface area contributed by atoms with E-state index in [2.05, 4.69) is 33.6 Å². The van der Waals surface area contributed by atoms with Crippen molar-refractivity contribution in [2.45, 2.75) is 44.0 Å². The number of carbonyl (C=O) groups excluding carboxylic acids is 3. The number of hydrogen-bond donors (Lipinski definition) is 9. The molecule has 0 bridgehead atoms. The van der Waals surface area contributed by atoms with Gasteiger partial charge in [-0.2, -0.15) is 12.6 Å². The predicted molar refractivity (Wildman–Crippen MR) is 108 cm³/mol. The molecule has 0 rings (SSSR count). The number of amides is 3. The monoisotopic (exact) mass is 435 g/mol. The fraction of sp³-hybridized carbons (Fsp3) is 0.667. The number of carboxylic acid groups (broad SMARTS) is 1. The molecule has 14 heteroatoms. The molecule has 0 aliphatic rings. The maximum Gasteiger partial charge on any atom is 0.328 e. The third-order valence-corrected chi connectivity index (χ3v) is 3.99. The van der Waals surface area contributed by atoms with Crippen LogP contribution in [0, 0.1) is 0 Å². The van der Waals surface area contributed by atoms with Crippen molar-refractivity contribution in [2.24, 2.45) is 22.2 Å².